The van der Waals surface area contributed by atoms with E-state index in [1.807, 2.05) is 30.3 Å². The fraction of sp³-hybridized carbons (Fsp3) is 0.400. The molecule has 0 radical (unpaired) electrons. The monoisotopic (exact) mass is 195 g/mol. The van der Waals surface area contributed by atoms with Crippen LogP contribution in [0.5, 0.6) is 0 Å². The summed E-state index contributed by atoms with van der Waals surface area (Å²) in [7, 11) is 0. The van der Waals surface area contributed by atoms with Crippen molar-refractivity contribution in [3.05, 3.63) is 46.0 Å². The van der Waals surface area contributed by atoms with Crippen LogP contribution in [0.1, 0.15) is 17.9 Å². The SMILES string of the molecule is O=[N+]([O-])CC(CCO)c1ccccc1. The van der Waals surface area contributed by atoms with Crippen LogP contribution in [-0.4, -0.2) is 23.2 Å². The van der Waals surface area contributed by atoms with Gasteiger partial charge in [0.15, 0.2) is 0 Å². The molecular formula is C10H13NO3. The van der Waals surface area contributed by atoms with E-state index in [9.17, 15) is 10.1 Å². The summed E-state index contributed by atoms with van der Waals surface area (Å²) in [4.78, 5) is 10.0. The van der Waals surface area contributed by atoms with Gasteiger partial charge in [-0.15, -0.1) is 0 Å². The summed E-state index contributed by atoms with van der Waals surface area (Å²) < 4.78 is 0. The maximum absolute atomic E-state index is 10.4. The zero-order valence-electron chi connectivity index (χ0n) is 7.80. The summed E-state index contributed by atoms with van der Waals surface area (Å²) in [5.74, 6) is -0.184. The minimum absolute atomic E-state index is 0.0204. The smallest absolute Gasteiger partial charge is 0.210 e. The maximum atomic E-state index is 10.4. The lowest BCUT2D eigenvalue weighted by Crippen LogP contribution is -2.13. The molecule has 1 aromatic carbocycles. The van der Waals surface area contributed by atoms with Crippen LogP contribution in [0.25, 0.3) is 0 Å². The Labute approximate surface area is 82.3 Å². The number of hydrogen-bond acceptors (Lipinski definition) is 3. The molecule has 0 bridgehead atoms. The van der Waals surface area contributed by atoms with Crippen molar-refractivity contribution in [3.63, 3.8) is 0 Å². The first-order valence-electron chi connectivity index (χ1n) is 4.51. The topological polar surface area (TPSA) is 63.4 Å². The molecule has 0 spiro atoms. The van der Waals surface area contributed by atoms with Gasteiger partial charge in [-0.1, -0.05) is 30.3 Å². The maximum Gasteiger partial charge on any atom is 0.210 e. The zero-order chi connectivity index (χ0) is 10.4. The molecule has 0 aromatic heterocycles. The number of rotatable bonds is 5. The third-order valence-corrected chi connectivity index (χ3v) is 2.12. The van der Waals surface area contributed by atoms with Gasteiger partial charge in [-0.3, -0.25) is 10.1 Å². The lowest BCUT2D eigenvalue weighted by molar-refractivity contribution is -0.483. The highest BCUT2D eigenvalue weighted by Gasteiger charge is 2.16. The highest BCUT2D eigenvalue weighted by molar-refractivity contribution is 5.19. The second-order valence-electron chi connectivity index (χ2n) is 3.14. The molecule has 1 aromatic rings. The molecule has 0 heterocycles. The zero-order valence-corrected chi connectivity index (χ0v) is 7.80. The number of nitro groups is 1. The van der Waals surface area contributed by atoms with E-state index >= 15 is 0 Å². The molecule has 1 rings (SSSR count). The molecule has 0 amide bonds. The predicted molar refractivity (Wildman–Crippen MR) is 52.7 cm³/mol. The van der Waals surface area contributed by atoms with E-state index in [-0.39, 0.29) is 24.0 Å². The Morgan fingerprint density at radius 3 is 2.50 bits per heavy atom. The van der Waals surface area contributed by atoms with Crippen LogP contribution in [0.3, 0.4) is 0 Å². The van der Waals surface area contributed by atoms with Gasteiger partial charge in [-0.2, -0.15) is 0 Å². The van der Waals surface area contributed by atoms with E-state index in [1.54, 1.807) is 0 Å². The van der Waals surface area contributed by atoms with Gasteiger partial charge in [-0.05, 0) is 12.0 Å². The molecule has 1 unspecified atom stereocenters. The van der Waals surface area contributed by atoms with Gasteiger partial charge in [0, 0.05) is 11.5 Å². The molecule has 14 heavy (non-hydrogen) atoms. The molecule has 76 valence electrons. The lowest BCUT2D eigenvalue weighted by Gasteiger charge is -2.10. The van der Waals surface area contributed by atoms with Crippen LogP contribution in [0.4, 0.5) is 0 Å². The Kier molecular flexibility index (Phi) is 4.07. The van der Waals surface area contributed by atoms with Crippen molar-refractivity contribution >= 4 is 0 Å². The average Bonchev–Trinajstić information content (AvgIpc) is 2.18. The number of nitrogens with zero attached hydrogens (tertiary/aromatic N) is 1. The third-order valence-electron chi connectivity index (χ3n) is 2.12. The Balaban J connectivity index is 2.72. The Bertz CT molecular complexity index is 287. The van der Waals surface area contributed by atoms with Crippen molar-refractivity contribution in [1.29, 1.82) is 0 Å². The van der Waals surface area contributed by atoms with Crippen LogP contribution < -0.4 is 0 Å². The van der Waals surface area contributed by atoms with Gasteiger partial charge in [0.25, 0.3) is 0 Å². The van der Waals surface area contributed by atoms with Gasteiger partial charge in [0.2, 0.25) is 6.54 Å². The minimum atomic E-state index is -0.340. The van der Waals surface area contributed by atoms with Crippen molar-refractivity contribution < 1.29 is 10.0 Å². The molecular weight excluding hydrogens is 182 g/mol. The largest absolute Gasteiger partial charge is 0.396 e. The number of hydrogen-bond donors (Lipinski definition) is 1. The first-order valence-corrected chi connectivity index (χ1v) is 4.51. The van der Waals surface area contributed by atoms with Crippen molar-refractivity contribution in [3.8, 4) is 0 Å². The summed E-state index contributed by atoms with van der Waals surface area (Å²) in [6, 6.07) is 9.26. The van der Waals surface area contributed by atoms with E-state index in [0.29, 0.717) is 6.42 Å². The Morgan fingerprint density at radius 2 is 2.00 bits per heavy atom. The van der Waals surface area contributed by atoms with Crippen LogP contribution in [0.15, 0.2) is 30.3 Å². The van der Waals surface area contributed by atoms with Crippen molar-refractivity contribution in [2.75, 3.05) is 13.2 Å². The molecule has 4 nitrogen and oxygen atoms in total. The first kappa shape index (κ1) is 10.7. The predicted octanol–water partition coefficient (Wildman–Crippen LogP) is 1.43. The number of benzene rings is 1. The first-order chi connectivity index (χ1) is 6.74. The van der Waals surface area contributed by atoms with E-state index < -0.39 is 0 Å². The van der Waals surface area contributed by atoms with Crippen molar-refractivity contribution in [2.24, 2.45) is 0 Å². The van der Waals surface area contributed by atoms with E-state index in [1.165, 1.54) is 0 Å². The standard InChI is InChI=1S/C10H13NO3/c12-7-6-10(8-11(13)14)9-4-2-1-3-5-9/h1-5,10,12H,6-8H2. The van der Waals surface area contributed by atoms with Gasteiger partial charge < -0.3 is 5.11 Å². The van der Waals surface area contributed by atoms with E-state index in [2.05, 4.69) is 0 Å². The molecule has 0 fully saturated rings. The fourth-order valence-corrected chi connectivity index (χ4v) is 1.42. The molecule has 1 atom stereocenters. The lowest BCUT2D eigenvalue weighted by atomic mass is 9.96. The van der Waals surface area contributed by atoms with Gasteiger partial charge in [-0.25, -0.2) is 0 Å². The summed E-state index contributed by atoms with van der Waals surface area (Å²) in [5, 5.41) is 19.2. The summed E-state index contributed by atoms with van der Waals surface area (Å²) >= 11 is 0. The highest BCUT2D eigenvalue weighted by atomic mass is 16.6. The molecule has 4 heteroatoms. The number of aliphatic hydroxyl groups excluding tert-OH is 1. The molecule has 0 aliphatic rings. The normalized spacial score (nSPS) is 12.4. The van der Waals surface area contributed by atoms with Crippen molar-refractivity contribution in [1.82, 2.24) is 0 Å². The third kappa shape index (κ3) is 3.14. The molecule has 0 saturated heterocycles. The van der Waals surface area contributed by atoms with Crippen LogP contribution >= 0.6 is 0 Å². The van der Waals surface area contributed by atoms with Gasteiger partial charge in [0.05, 0.1) is 5.92 Å². The summed E-state index contributed by atoms with van der Waals surface area (Å²) in [6.07, 6.45) is 0.436. The second kappa shape index (κ2) is 5.34. The molecule has 0 saturated carbocycles. The Hall–Kier alpha value is -1.42. The van der Waals surface area contributed by atoms with Crippen LogP contribution in [0.2, 0.25) is 0 Å². The number of aliphatic hydroxyl groups is 1. The van der Waals surface area contributed by atoms with E-state index in [0.717, 1.165) is 5.56 Å². The van der Waals surface area contributed by atoms with Gasteiger partial charge >= 0.3 is 0 Å². The Morgan fingerprint density at radius 1 is 1.36 bits per heavy atom. The fourth-order valence-electron chi connectivity index (χ4n) is 1.42. The second-order valence-corrected chi connectivity index (χ2v) is 3.14. The summed E-state index contributed by atoms with van der Waals surface area (Å²) in [5.41, 5.74) is 0.915. The van der Waals surface area contributed by atoms with Crippen molar-refractivity contribution in [2.45, 2.75) is 12.3 Å². The quantitative estimate of drug-likeness (QED) is 0.571. The highest BCUT2D eigenvalue weighted by Crippen LogP contribution is 2.18. The van der Waals surface area contributed by atoms with Crippen LogP contribution in [-0.2, 0) is 0 Å². The van der Waals surface area contributed by atoms with E-state index in [4.69, 9.17) is 5.11 Å². The average molecular weight is 195 g/mol. The van der Waals surface area contributed by atoms with Crippen LogP contribution in [0, 0.1) is 10.1 Å². The molecule has 0 aliphatic heterocycles. The molecule has 1 N–H and O–H groups in total. The van der Waals surface area contributed by atoms with Gasteiger partial charge in [0.1, 0.15) is 0 Å². The summed E-state index contributed by atoms with van der Waals surface area (Å²) in [6.45, 7) is -0.141. The molecule has 0 aliphatic carbocycles. The minimum Gasteiger partial charge on any atom is -0.396 e.